The molecular formula is C30H33N7O. The molecule has 0 saturated heterocycles. The van der Waals surface area contributed by atoms with E-state index in [9.17, 15) is 4.79 Å². The largest absolute Gasteiger partial charge is 0.333 e. The Balaban J connectivity index is 1.52. The average Bonchev–Trinajstić information content (AvgIpc) is 3.54. The van der Waals surface area contributed by atoms with Crippen LogP contribution in [0.2, 0.25) is 0 Å². The van der Waals surface area contributed by atoms with Crippen LogP contribution in [0.15, 0.2) is 71.9 Å². The number of nitrogens with zero attached hydrogens (tertiary/aromatic N) is 6. The smallest absolute Gasteiger partial charge is 0.292 e. The number of para-hydroxylation sites is 1. The Morgan fingerprint density at radius 3 is 2.47 bits per heavy atom. The van der Waals surface area contributed by atoms with Gasteiger partial charge in [0.2, 0.25) is 0 Å². The third kappa shape index (κ3) is 4.81. The maximum Gasteiger partial charge on any atom is 0.333 e. The SMILES string of the molecule is CCCc1cn(-c2c(C)cccc2C(C)(C)C)c(=O)n1Cc1ccc(-c2cnccc2-c2nnn[nH]2)cc1. The number of pyridine rings is 1. The molecule has 0 amide bonds. The molecule has 0 aliphatic carbocycles. The number of benzene rings is 2. The van der Waals surface area contributed by atoms with E-state index in [2.05, 4.69) is 103 Å². The maximum absolute atomic E-state index is 13.9. The van der Waals surface area contributed by atoms with Gasteiger partial charge in [-0.2, -0.15) is 0 Å². The first-order valence-electron chi connectivity index (χ1n) is 13.0. The maximum atomic E-state index is 13.9. The third-order valence-electron chi connectivity index (χ3n) is 6.88. The average molecular weight is 508 g/mol. The first-order valence-corrected chi connectivity index (χ1v) is 13.0. The molecule has 0 aliphatic heterocycles. The monoisotopic (exact) mass is 507 g/mol. The van der Waals surface area contributed by atoms with E-state index in [0.29, 0.717) is 12.4 Å². The zero-order valence-electron chi connectivity index (χ0n) is 22.6. The fourth-order valence-corrected chi connectivity index (χ4v) is 4.97. The second kappa shape index (κ2) is 10.2. The number of hydrogen-bond donors (Lipinski definition) is 1. The van der Waals surface area contributed by atoms with Crippen molar-refractivity contribution in [2.75, 3.05) is 0 Å². The highest BCUT2D eigenvalue weighted by Crippen LogP contribution is 2.31. The minimum absolute atomic E-state index is 0.00954. The number of aryl methyl sites for hydroxylation is 2. The molecule has 3 aromatic heterocycles. The highest BCUT2D eigenvalue weighted by Gasteiger charge is 2.23. The quantitative estimate of drug-likeness (QED) is 0.314. The summed E-state index contributed by atoms with van der Waals surface area (Å²) < 4.78 is 3.76. The minimum atomic E-state index is -0.0867. The third-order valence-corrected chi connectivity index (χ3v) is 6.88. The van der Waals surface area contributed by atoms with E-state index in [1.807, 2.05) is 27.6 Å². The Labute approximate surface area is 222 Å². The van der Waals surface area contributed by atoms with Gasteiger partial charge < -0.3 is 0 Å². The van der Waals surface area contributed by atoms with Gasteiger partial charge in [0.25, 0.3) is 0 Å². The predicted molar refractivity (Wildman–Crippen MR) is 149 cm³/mol. The topological polar surface area (TPSA) is 94.3 Å². The van der Waals surface area contributed by atoms with Crippen LogP contribution in [-0.2, 0) is 18.4 Å². The van der Waals surface area contributed by atoms with Gasteiger partial charge in [-0.15, -0.1) is 5.10 Å². The molecule has 194 valence electrons. The summed E-state index contributed by atoms with van der Waals surface area (Å²) >= 11 is 0. The van der Waals surface area contributed by atoms with E-state index in [1.54, 1.807) is 6.20 Å². The van der Waals surface area contributed by atoms with Crippen LogP contribution in [0.1, 0.15) is 56.5 Å². The van der Waals surface area contributed by atoms with Crippen molar-refractivity contribution in [3.63, 3.8) is 0 Å². The Hall–Kier alpha value is -4.33. The molecule has 8 nitrogen and oxygen atoms in total. The standard InChI is InChI=1S/C30H33N7O/c1-6-8-23-19-37(27-20(2)9-7-10-26(27)30(3,4)5)29(38)36(23)18-21-11-13-22(14-12-21)25-17-31-16-15-24(25)28-32-34-35-33-28/h7,9-17,19H,6,8,18H2,1-5H3,(H,32,33,34,35). The fourth-order valence-electron chi connectivity index (χ4n) is 4.97. The Kier molecular flexibility index (Phi) is 6.80. The van der Waals surface area contributed by atoms with E-state index >= 15 is 0 Å². The molecule has 0 aliphatic rings. The van der Waals surface area contributed by atoms with E-state index < -0.39 is 0 Å². The highest BCUT2D eigenvalue weighted by molar-refractivity contribution is 5.79. The minimum Gasteiger partial charge on any atom is -0.292 e. The lowest BCUT2D eigenvalue weighted by atomic mass is 9.84. The van der Waals surface area contributed by atoms with Crippen molar-refractivity contribution in [1.82, 2.24) is 34.7 Å². The van der Waals surface area contributed by atoms with E-state index in [0.717, 1.165) is 52.0 Å². The van der Waals surface area contributed by atoms with Crippen LogP contribution >= 0.6 is 0 Å². The van der Waals surface area contributed by atoms with E-state index in [1.165, 1.54) is 5.56 Å². The number of aromatic nitrogens is 7. The molecule has 8 heteroatoms. The molecule has 0 atom stereocenters. The van der Waals surface area contributed by atoms with Gasteiger partial charge in [-0.25, -0.2) is 9.89 Å². The zero-order chi connectivity index (χ0) is 26.9. The van der Waals surface area contributed by atoms with Crippen LogP contribution in [0.25, 0.3) is 28.2 Å². The van der Waals surface area contributed by atoms with Gasteiger partial charge in [-0.1, -0.05) is 76.6 Å². The Morgan fingerprint density at radius 1 is 1.00 bits per heavy atom. The number of tetrazole rings is 1. The summed E-state index contributed by atoms with van der Waals surface area (Å²) in [6, 6.07) is 16.4. The van der Waals surface area contributed by atoms with Gasteiger partial charge in [0.05, 0.1) is 12.2 Å². The zero-order valence-corrected chi connectivity index (χ0v) is 22.6. The van der Waals surface area contributed by atoms with Crippen molar-refractivity contribution >= 4 is 0 Å². The fraction of sp³-hybridized carbons (Fsp3) is 0.300. The number of H-pyrrole nitrogens is 1. The molecule has 0 fully saturated rings. The summed E-state index contributed by atoms with van der Waals surface area (Å²) in [5, 5.41) is 14.3. The number of nitrogens with one attached hydrogen (secondary N) is 1. The summed E-state index contributed by atoms with van der Waals surface area (Å²) in [6.07, 6.45) is 7.36. The van der Waals surface area contributed by atoms with Gasteiger partial charge in [0.15, 0.2) is 5.82 Å². The molecule has 0 saturated carbocycles. The van der Waals surface area contributed by atoms with Crippen LogP contribution in [0.3, 0.4) is 0 Å². The number of aromatic amines is 1. The van der Waals surface area contributed by atoms with Crippen molar-refractivity contribution in [2.45, 2.75) is 59.4 Å². The van der Waals surface area contributed by atoms with E-state index in [4.69, 9.17) is 0 Å². The second-order valence-corrected chi connectivity index (χ2v) is 10.7. The van der Waals surface area contributed by atoms with Crippen molar-refractivity contribution in [3.8, 4) is 28.2 Å². The van der Waals surface area contributed by atoms with Gasteiger partial charge in [0, 0.05) is 35.4 Å². The number of hydrogen-bond acceptors (Lipinski definition) is 5. The molecule has 0 bridgehead atoms. The molecule has 5 rings (SSSR count). The van der Waals surface area contributed by atoms with Crippen LogP contribution in [0.5, 0.6) is 0 Å². The normalized spacial score (nSPS) is 11.7. The molecule has 2 aromatic carbocycles. The number of imidazole rings is 1. The summed E-state index contributed by atoms with van der Waals surface area (Å²) in [5.41, 5.74) is 8.06. The van der Waals surface area contributed by atoms with E-state index in [-0.39, 0.29) is 11.1 Å². The van der Waals surface area contributed by atoms with Crippen molar-refractivity contribution < 1.29 is 0 Å². The molecule has 38 heavy (non-hydrogen) atoms. The highest BCUT2D eigenvalue weighted by atomic mass is 16.1. The Morgan fingerprint density at radius 2 is 1.79 bits per heavy atom. The predicted octanol–water partition coefficient (Wildman–Crippen LogP) is 5.49. The molecular weight excluding hydrogens is 474 g/mol. The first-order chi connectivity index (χ1) is 18.3. The summed E-state index contributed by atoms with van der Waals surface area (Å²) in [5.74, 6) is 0.592. The van der Waals surface area contributed by atoms with Gasteiger partial charge in [-0.05, 0) is 57.5 Å². The molecule has 5 aromatic rings. The van der Waals surface area contributed by atoms with Crippen molar-refractivity contribution in [3.05, 3.63) is 100.0 Å². The number of rotatable bonds is 7. The van der Waals surface area contributed by atoms with Gasteiger partial charge in [0.1, 0.15) is 0 Å². The van der Waals surface area contributed by atoms with Crippen LogP contribution in [0, 0.1) is 6.92 Å². The first kappa shape index (κ1) is 25.3. The second-order valence-electron chi connectivity index (χ2n) is 10.7. The molecule has 0 spiro atoms. The lowest BCUT2D eigenvalue weighted by Gasteiger charge is -2.24. The van der Waals surface area contributed by atoms with Crippen LogP contribution in [0.4, 0.5) is 0 Å². The molecule has 0 radical (unpaired) electrons. The van der Waals surface area contributed by atoms with Crippen LogP contribution < -0.4 is 5.69 Å². The lowest BCUT2D eigenvalue weighted by molar-refractivity contribution is 0.584. The van der Waals surface area contributed by atoms with Crippen molar-refractivity contribution in [2.24, 2.45) is 0 Å². The molecule has 1 N–H and O–H groups in total. The summed E-state index contributed by atoms with van der Waals surface area (Å²) in [6.45, 7) is 11.3. The van der Waals surface area contributed by atoms with Gasteiger partial charge in [-0.3, -0.25) is 14.1 Å². The molecule has 3 heterocycles. The van der Waals surface area contributed by atoms with Crippen LogP contribution in [-0.4, -0.2) is 34.7 Å². The Bertz CT molecular complexity index is 1600. The molecule has 0 unspecified atom stereocenters. The lowest BCUT2D eigenvalue weighted by Crippen LogP contribution is -2.27. The summed E-state index contributed by atoms with van der Waals surface area (Å²) in [4.78, 5) is 18.2. The van der Waals surface area contributed by atoms with Crippen molar-refractivity contribution in [1.29, 1.82) is 0 Å². The summed E-state index contributed by atoms with van der Waals surface area (Å²) in [7, 11) is 0. The van der Waals surface area contributed by atoms with Gasteiger partial charge >= 0.3 is 5.69 Å².